The molecule has 0 radical (unpaired) electrons. The summed E-state index contributed by atoms with van der Waals surface area (Å²) in [4.78, 5) is 15.9. The summed E-state index contributed by atoms with van der Waals surface area (Å²) in [6, 6.07) is 22.4. The molecule has 24 heavy (non-hydrogen) atoms. The number of hydrogen-bond acceptors (Lipinski definition) is 3. The summed E-state index contributed by atoms with van der Waals surface area (Å²) in [6.07, 6.45) is 3.22. The smallest absolute Gasteiger partial charge is 0.306 e. The van der Waals surface area contributed by atoms with Gasteiger partial charge in [0, 0.05) is 29.2 Å². The third-order valence-corrected chi connectivity index (χ3v) is 3.30. The van der Waals surface area contributed by atoms with Gasteiger partial charge in [-0.2, -0.15) is 5.10 Å². The summed E-state index contributed by atoms with van der Waals surface area (Å²) in [5.74, 6) is 0. The van der Waals surface area contributed by atoms with Crippen molar-refractivity contribution in [2.45, 2.75) is 0 Å². The van der Waals surface area contributed by atoms with Crippen LogP contribution in [0.5, 0.6) is 0 Å². The van der Waals surface area contributed by atoms with Crippen LogP contribution in [0.15, 0.2) is 90.3 Å². The van der Waals surface area contributed by atoms with Gasteiger partial charge in [0.15, 0.2) is 0 Å². The fourth-order valence-corrected chi connectivity index (χ4v) is 2.19. The Morgan fingerprint density at radius 2 is 1.33 bits per heavy atom. The fourth-order valence-electron chi connectivity index (χ4n) is 2.19. The largest absolute Gasteiger partial charge is 0.339 e. The van der Waals surface area contributed by atoms with Gasteiger partial charge in [-0.05, 0) is 12.1 Å². The number of carbonyl (C=O) groups excluding carboxylic acids is 1. The van der Waals surface area contributed by atoms with Crippen molar-refractivity contribution in [2.24, 2.45) is 5.10 Å². The van der Waals surface area contributed by atoms with E-state index in [1.165, 1.54) is 0 Å². The van der Waals surface area contributed by atoms with Crippen LogP contribution in [-0.4, -0.2) is 16.7 Å². The second kappa shape index (κ2) is 7.69. The maximum atomic E-state index is 12.0. The van der Waals surface area contributed by atoms with Crippen LogP contribution in [0.1, 0.15) is 11.1 Å². The van der Waals surface area contributed by atoms with E-state index < -0.39 is 6.03 Å². The monoisotopic (exact) mass is 316 g/mol. The number of amides is 2. The minimum absolute atomic E-state index is 0.412. The average molecular weight is 316 g/mol. The Kier molecular flexibility index (Phi) is 4.94. The molecule has 0 atom stereocenters. The first-order chi connectivity index (χ1) is 11.8. The summed E-state index contributed by atoms with van der Waals surface area (Å²) in [6.45, 7) is 0. The number of carbonyl (C=O) groups is 1. The van der Waals surface area contributed by atoms with Gasteiger partial charge in [0.2, 0.25) is 0 Å². The number of benzene rings is 2. The van der Waals surface area contributed by atoms with E-state index >= 15 is 0 Å². The second-order valence-corrected chi connectivity index (χ2v) is 4.99. The van der Waals surface area contributed by atoms with E-state index in [1.54, 1.807) is 24.5 Å². The molecule has 0 saturated carbocycles. The molecule has 3 rings (SSSR count). The van der Waals surface area contributed by atoms with Gasteiger partial charge in [-0.15, -0.1) is 0 Å². The molecule has 1 aromatic heterocycles. The molecule has 0 spiro atoms. The molecular formula is C19H16N4O. The third-order valence-electron chi connectivity index (χ3n) is 3.30. The molecule has 0 saturated heterocycles. The lowest BCUT2D eigenvalue weighted by molar-refractivity contribution is 0.252. The molecule has 0 aliphatic carbocycles. The number of nitrogens with one attached hydrogen (secondary N) is 2. The lowest BCUT2D eigenvalue weighted by Gasteiger charge is -2.08. The zero-order chi connectivity index (χ0) is 16.6. The highest BCUT2D eigenvalue weighted by molar-refractivity contribution is 6.13. The molecule has 118 valence electrons. The van der Waals surface area contributed by atoms with Crippen molar-refractivity contribution >= 4 is 17.4 Å². The van der Waals surface area contributed by atoms with Gasteiger partial charge in [-0.25, -0.2) is 10.2 Å². The number of pyridine rings is 1. The SMILES string of the molecule is O=C(NN=C(c1ccccc1)c1ccccc1)Nc1ccncc1. The Labute approximate surface area is 140 Å². The third kappa shape index (κ3) is 4.04. The molecule has 5 heteroatoms. The Morgan fingerprint density at radius 1 is 0.792 bits per heavy atom. The predicted molar refractivity (Wildman–Crippen MR) is 94.9 cm³/mol. The van der Waals surface area contributed by atoms with Crippen LogP contribution in [0.4, 0.5) is 10.5 Å². The van der Waals surface area contributed by atoms with Crippen molar-refractivity contribution < 1.29 is 4.79 Å². The van der Waals surface area contributed by atoms with Crippen LogP contribution in [0.25, 0.3) is 0 Å². The number of rotatable bonds is 4. The van der Waals surface area contributed by atoms with Gasteiger partial charge in [-0.3, -0.25) is 4.98 Å². The molecule has 2 amide bonds. The highest BCUT2D eigenvalue weighted by atomic mass is 16.2. The molecule has 0 aliphatic rings. The molecule has 3 aromatic rings. The second-order valence-electron chi connectivity index (χ2n) is 4.99. The molecule has 0 unspecified atom stereocenters. The molecule has 0 fully saturated rings. The maximum Gasteiger partial charge on any atom is 0.339 e. The lowest BCUT2D eigenvalue weighted by atomic mass is 10.0. The molecular weight excluding hydrogens is 300 g/mol. The van der Waals surface area contributed by atoms with Crippen molar-refractivity contribution in [1.29, 1.82) is 0 Å². The Morgan fingerprint density at radius 3 is 1.88 bits per heavy atom. The standard InChI is InChI=1S/C19H16N4O/c24-19(21-17-11-13-20-14-12-17)23-22-18(15-7-3-1-4-8-15)16-9-5-2-6-10-16/h1-14H,(H2,20,21,23,24). The Hall–Kier alpha value is -3.47. The van der Waals surface area contributed by atoms with Crippen LogP contribution < -0.4 is 10.7 Å². The van der Waals surface area contributed by atoms with Crippen molar-refractivity contribution in [3.05, 3.63) is 96.3 Å². The van der Waals surface area contributed by atoms with Crippen LogP contribution in [0.3, 0.4) is 0 Å². The van der Waals surface area contributed by atoms with Gasteiger partial charge in [0.1, 0.15) is 0 Å². The fraction of sp³-hybridized carbons (Fsp3) is 0. The van der Waals surface area contributed by atoms with Crippen molar-refractivity contribution in [2.75, 3.05) is 5.32 Å². The van der Waals surface area contributed by atoms with Crippen LogP contribution in [0.2, 0.25) is 0 Å². The summed E-state index contributed by atoms with van der Waals surface area (Å²) < 4.78 is 0. The number of anilines is 1. The van der Waals surface area contributed by atoms with Crippen molar-refractivity contribution in [3.63, 3.8) is 0 Å². The van der Waals surface area contributed by atoms with E-state index in [4.69, 9.17) is 0 Å². The first-order valence-corrected chi connectivity index (χ1v) is 7.48. The first kappa shape index (κ1) is 15.4. The summed E-state index contributed by atoms with van der Waals surface area (Å²) in [5, 5.41) is 7.00. The minimum atomic E-state index is -0.412. The molecule has 5 nitrogen and oxygen atoms in total. The van der Waals surface area contributed by atoms with Crippen LogP contribution in [-0.2, 0) is 0 Å². The highest BCUT2D eigenvalue weighted by Crippen LogP contribution is 2.10. The zero-order valence-electron chi connectivity index (χ0n) is 12.9. The van der Waals surface area contributed by atoms with E-state index in [9.17, 15) is 4.79 Å². The van der Waals surface area contributed by atoms with Crippen molar-refractivity contribution in [1.82, 2.24) is 10.4 Å². The lowest BCUT2D eigenvalue weighted by Crippen LogP contribution is -2.26. The van der Waals surface area contributed by atoms with Crippen LogP contribution >= 0.6 is 0 Å². The molecule has 2 N–H and O–H groups in total. The molecule has 0 bridgehead atoms. The minimum Gasteiger partial charge on any atom is -0.306 e. The van der Waals surface area contributed by atoms with Gasteiger partial charge < -0.3 is 5.32 Å². The van der Waals surface area contributed by atoms with E-state index in [1.807, 2.05) is 60.7 Å². The number of urea groups is 1. The summed E-state index contributed by atoms with van der Waals surface area (Å²) in [7, 11) is 0. The van der Waals surface area contributed by atoms with Crippen LogP contribution in [0, 0.1) is 0 Å². The van der Waals surface area contributed by atoms with Gasteiger partial charge >= 0.3 is 6.03 Å². The Bertz CT molecular complexity index is 776. The molecule has 2 aromatic carbocycles. The van der Waals surface area contributed by atoms with Gasteiger partial charge in [0.25, 0.3) is 0 Å². The topological polar surface area (TPSA) is 66.4 Å². The summed E-state index contributed by atoms with van der Waals surface area (Å²) >= 11 is 0. The summed E-state index contributed by atoms with van der Waals surface area (Å²) in [5.41, 5.74) is 5.74. The number of nitrogens with zero attached hydrogens (tertiary/aromatic N) is 2. The van der Waals surface area contributed by atoms with Gasteiger partial charge in [0.05, 0.1) is 5.71 Å². The molecule has 0 aliphatic heterocycles. The first-order valence-electron chi connectivity index (χ1n) is 7.48. The van der Waals surface area contributed by atoms with E-state index in [2.05, 4.69) is 20.8 Å². The van der Waals surface area contributed by atoms with E-state index in [0.29, 0.717) is 11.4 Å². The zero-order valence-corrected chi connectivity index (χ0v) is 12.9. The normalized spacial score (nSPS) is 9.83. The Balaban J connectivity index is 1.81. The average Bonchev–Trinajstić information content (AvgIpc) is 2.64. The van der Waals surface area contributed by atoms with E-state index in [0.717, 1.165) is 11.1 Å². The quantitative estimate of drug-likeness (QED) is 0.570. The van der Waals surface area contributed by atoms with Crippen molar-refractivity contribution in [3.8, 4) is 0 Å². The number of aromatic nitrogens is 1. The highest BCUT2D eigenvalue weighted by Gasteiger charge is 2.07. The number of hydrazone groups is 1. The molecule has 1 heterocycles. The van der Waals surface area contributed by atoms with E-state index in [-0.39, 0.29) is 0 Å². The number of hydrogen-bond donors (Lipinski definition) is 2. The maximum absolute atomic E-state index is 12.0. The predicted octanol–water partition coefficient (Wildman–Crippen LogP) is 3.66. The van der Waals surface area contributed by atoms with Gasteiger partial charge in [-0.1, -0.05) is 60.7 Å².